The number of aromatic nitrogens is 1. The number of benzene rings is 1. The lowest BCUT2D eigenvalue weighted by atomic mass is 10.1. The quantitative estimate of drug-likeness (QED) is 0.887. The predicted octanol–water partition coefficient (Wildman–Crippen LogP) is 2.55. The Morgan fingerprint density at radius 3 is 2.95 bits per heavy atom. The number of amides is 1. The molecule has 0 spiro atoms. The van der Waals surface area contributed by atoms with Crippen LogP contribution in [0.15, 0.2) is 30.3 Å². The minimum atomic E-state index is -0.171. The van der Waals surface area contributed by atoms with E-state index in [0.717, 1.165) is 16.7 Å². The normalized spacial score (nSPS) is 12.3. The molecule has 1 aromatic heterocycles. The van der Waals surface area contributed by atoms with Gasteiger partial charge in [-0.3, -0.25) is 4.79 Å². The molecule has 0 radical (unpaired) electrons. The van der Waals surface area contributed by atoms with E-state index in [9.17, 15) is 4.79 Å². The number of anilines is 1. The molecule has 3 N–H and O–H groups in total. The zero-order valence-corrected chi connectivity index (χ0v) is 12.5. The molecular weight excluding hydrogens is 270 g/mol. The number of nitrogen functional groups attached to an aromatic ring is 1. The Morgan fingerprint density at radius 2 is 2.20 bits per heavy atom. The molecule has 1 heterocycles. The van der Waals surface area contributed by atoms with Gasteiger partial charge in [0.25, 0.3) is 5.91 Å². The van der Waals surface area contributed by atoms with Crippen molar-refractivity contribution in [1.29, 1.82) is 0 Å². The van der Waals surface area contributed by atoms with Gasteiger partial charge in [-0.1, -0.05) is 25.1 Å². The maximum atomic E-state index is 12.1. The van der Waals surface area contributed by atoms with Gasteiger partial charge < -0.3 is 11.1 Å². The molecule has 1 atom stereocenters. The number of carbonyl (C=O) groups is 1. The van der Waals surface area contributed by atoms with Crippen molar-refractivity contribution >= 4 is 34.3 Å². The highest BCUT2D eigenvalue weighted by atomic mass is 32.2. The second-order valence-electron chi connectivity index (χ2n) is 4.88. The SMILES string of the molecule is CSCC(C)CNC(=O)c1cc(N)c2ccccc2n1. The van der Waals surface area contributed by atoms with Crippen molar-refractivity contribution in [2.45, 2.75) is 6.92 Å². The van der Waals surface area contributed by atoms with Gasteiger partial charge in [-0.15, -0.1) is 0 Å². The van der Waals surface area contributed by atoms with Crippen LogP contribution >= 0.6 is 11.8 Å². The predicted molar refractivity (Wildman–Crippen MR) is 86.0 cm³/mol. The van der Waals surface area contributed by atoms with Crippen LogP contribution in [-0.2, 0) is 0 Å². The largest absolute Gasteiger partial charge is 0.398 e. The van der Waals surface area contributed by atoms with Crippen molar-refractivity contribution in [3.63, 3.8) is 0 Å². The van der Waals surface area contributed by atoms with E-state index in [0.29, 0.717) is 23.8 Å². The van der Waals surface area contributed by atoms with E-state index < -0.39 is 0 Å². The summed E-state index contributed by atoms with van der Waals surface area (Å²) in [7, 11) is 0. The molecule has 0 fully saturated rings. The van der Waals surface area contributed by atoms with E-state index in [1.54, 1.807) is 17.8 Å². The van der Waals surface area contributed by atoms with Crippen LogP contribution in [0.3, 0.4) is 0 Å². The van der Waals surface area contributed by atoms with Crippen molar-refractivity contribution in [3.05, 3.63) is 36.0 Å². The molecule has 0 aliphatic rings. The fourth-order valence-electron chi connectivity index (χ4n) is 2.02. The Bertz CT molecular complexity index is 615. The molecule has 0 saturated carbocycles. The number of fused-ring (bicyclic) bond motifs is 1. The van der Waals surface area contributed by atoms with Gasteiger partial charge >= 0.3 is 0 Å². The Labute approximate surface area is 123 Å². The molecule has 0 aliphatic heterocycles. The summed E-state index contributed by atoms with van der Waals surface area (Å²) < 4.78 is 0. The Kier molecular flexibility index (Phi) is 4.84. The molecule has 106 valence electrons. The number of hydrogen-bond donors (Lipinski definition) is 2. The van der Waals surface area contributed by atoms with Gasteiger partial charge in [-0.25, -0.2) is 4.98 Å². The summed E-state index contributed by atoms with van der Waals surface area (Å²) in [4.78, 5) is 16.5. The summed E-state index contributed by atoms with van der Waals surface area (Å²) in [6, 6.07) is 9.19. The van der Waals surface area contributed by atoms with Crippen molar-refractivity contribution in [2.24, 2.45) is 5.92 Å². The van der Waals surface area contributed by atoms with Crippen LogP contribution in [0.1, 0.15) is 17.4 Å². The third kappa shape index (κ3) is 3.42. The summed E-state index contributed by atoms with van der Waals surface area (Å²) in [5.74, 6) is 1.29. The first-order valence-electron chi connectivity index (χ1n) is 6.54. The van der Waals surface area contributed by atoms with Crippen LogP contribution in [0.5, 0.6) is 0 Å². The average molecular weight is 289 g/mol. The van der Waals surface area contributed by atoms with E-state index in [-0.39, 0.29) is 5.91 Å². The summed E-state index contributed by atoms with van der Waals surface area (Å²) in [5, 5.41) is 3.78. The summed E-state index contributed by atoms with van der Waals surface area (Å²) in [6.07, 6.45) is 2.06. The number of hydrogen-bond acceptors (Lipinski definition) is 4. The first-order chi connectivity index (χ1) is 9.61. The lowest BCUT2D eigenvalue weighted by molar-refractivity contribution is 0.0944. The molecule has 20 heavy (non-hydrogen) atoms. The van der Waals surface area contributed by atoms with Gasteiger partial charge in [0.1, 0.15) is 5.69 Å². The zero-order chi connectivity index (χ0) is 14.5. The number of thioether (sulfide) groups is 1. The number of nitrogens with zero attached hydrogens (tertiary/aromatic N) is 1. The number of nitrogens with one attached hydrogen (secondary N) is 1. The van der Waals surface area contributed by atoms with Gasteiger partial charge in [-0.2, -0.15) is 11.8 Å². The fourth-order valence-corrected chi connectivity index (χ4v) is 2.71. The second kappa shape index (κ2) is 6.61. The van der Waals surface area contributed by atoms with Crippen molar-refractivity contribution in [1.82, 2.24) is 10.3 Å². The number of pyridine rings is 1. The number of nitrogens with two attached hydrogens (primary N) is 1. The molecule has 5 heteroatoms. The molecule has 1 aromatic carbocycles. The third-order valence-corrected chi connectivity index (χ3v) is 3.95. The number of rotatable bonds is 5. The monoisotopic (exact) mass is 289 g/mol. The highest BCUT2D eigenvalue weighted by molar-refractivity contribution is 7.98. The molecule has 2 rings (SSSR count). The van der Waals surface area contributed by atoms with Crippen molar-refractivity contribution in [3.8, 4) is 0 Å². The van der Waals surface area contributed by atoms with Gasteiger partial charge in [0, 0.05) is 17.6 Å². The van der Waals surface area contributed by atoms with Gasteiger partial charge in [0.15, 0.2) is 0 Å². The lowest BCUT2D eigenvalue weighted by Gasteiger charge is -2.11. The number of para-hydroxylation sites is 1. The molecule has 0 aliphatic carbocycles. The van der Waals surface area contributed by atoms with Crippen molar-refractivity contribution in [2.75, 3.05) is 24.3 Å². The van der Waals surface area contributed by atoms with E-state index >= 15 is 0 Å². The van der Waals surface area contributed by atoms with E-state index in [1.807, 2.05) is 24.3 Å². The minimum Gasteiger partial charge on any atom is -0.398 e. The van der Waals surface area contributed by atoms with Crippen LogP contribution in [0.4, 0.5) is 5.69 Å². The van der Waals surface area contributed by atoms with Crippen LogP contribution in [-0.4, -0.2) is 29.4 Å². The van der Waals surface area contributed by atoms with Crippen LogP contribution in [0, 0.1) is 5.92 Å². The Morgan fingerprint density at radius 1 is 1.45 bits per heavy atom. The third-order valence-electron chi connectivity index (χ3n) is 3.04. The van der Waals surface area contributed by atoms with Crippen LogP contribution < -0.4 is 11.1 Å². The number of carbonyl (C=O) groups excluding carboxylic acids is 1. The van der Waals surface area contributed by atoms with Gasteiger partial charge in [0.05, 0.1) is 5.52 Å². The maximum absolute atomic E-state index is 12.1. The van der Waals surface area contributed by atoms with Crippen LogP contribution in [0.2, 0.25) is 0 Å². The fraction of sp³-hybridized carbons (Fsp3) is 0.333. The Balaban J connectivity index is 2.14. The summed E-state index contributed by atoms with van der Waals surface area (Å²) >= 11 is 1.77. The zero-order valence-electron chi connectivity index (χ0n) is 11.7. The summed E-state index contributed by atoms with van der Waals surface area (Å²) in [5.41, 5.74) is 7.67. The van der Waals surface area contributed by atoms with Crippen molar-refractivity contribution < 1.29 is 4.79 Å². The second-order valence-corrected chi connectivity index (χ2v) is 5.80. The first kappa shape index (κ1) is 14.7. The van der Waals surface area contributed by atoms with Gasteiger partial charge in [-0.05, 0) is 30.1 Å². The minimum absolute atomic E-state index is 0.171. The van der Waals surface area contributed by atoms with E-state index in [4.69, 9.17) is 5.73 Å². The molecule has 1 amide bonds. The standard InChI is InChI=1S/C15H19N3OS/c1-10(9-20-2)8-17-15(19)14-7-12(16)11-5-3-4-6-13(11)18-14/h3-7,10H,8-9H2,1-2H3,(H2,16,18)(H,17,19). The smallest absolute Gasteiger partial charge is 0.269 e. The Hall–Kier alpha value is -1.75. The molecule has 0 saturated heterocycles. The maximum Gasteiger partial charge on any atom is 0.269 e. The van der Waals surface area contributed by atoms with E-state index in [2.05, 4.69) is 23.5 Å². The topological polar surface area (TPSA) is 68.0 Å². The first-order valence-corrected chi connectivity index (χ1v) is 7.93. The molecular formula is C15H19N3OS. The van der Waals surface area contributed by atoms with Crippen LogP contribution in [0.25, 0.3) is 10.9 Å². The highest BCUT2D eigenvalue weighted by Crippen LogP contribution is 2.19. The summed E-state index contributed by atoms with van der Waals surface area (Å²) in [6.45, 7) is 2.76. The van der Waals surface area contributed by atoms with Gasteiger partial charge in [0.2, 0.25) is 0 Å². The molecule has 0 bridgehead atoms. The average Bonchev–Trinajstić information content (AvgIpc) is 2.45. The molecule has 1 unspecified atom stereocenters. The highest BCUT2D eigenvalue weighted by Gasteiger charge is 2.11. The lowest BCUT2D eigenvalue weighted by Crippen LogP contribution is -2.29. The molecule has 4 nitrogen and oxygen atoms in total. The molecule has 2 aromatic rings. The van der Waals surface area contributed by atoms with E-state index in [1.165, 1.54) is 0 Å².